The number of aromatic nitrogens is 1. The maximum Gasteiger partial charge on any atom is 0.272 e. The first-order valence-electron chi connectivity index (χ1n) is 7.55. The van der Waals surface area contributed by atoms with Crippen molar-refractivity contribution < 1.29 is 4.79 Å². The average Bonchev–Trinajstić information content (AvgIpc) is 3.06. The van der Waals surface area contributed by atoms with E-state index in [0.29, 0.717) is 11.7 Å². The van der Waals surface area contributed by atoms with Crippen molar-refractivity contribution in [2.24, 2.45) is 0 Å². The number of rotatable bonds is 3. The summed E-state index contributed by atoms with van der Waals surface area (Å²) in [6.07, 6.45) is 4.65. The lowest BCUT2D eigenvalue weighted by Crippen LogP contribution is -2.35. The average molecular weight is 283 g/mol. The van der Waals surface area contributed by atoms with Gasteiger partial charge in [0, 0.05) is 25.5 Å². The highest BCUT2D eigenvalue weighted by Crippen LogP contribution is 2.26. The van der Waals surface area contributed by atoms with Crippen molar-refractivity contribution in [2.75, 3.05) is 19.4 Å². The van der Waals surface area contributed by atoms with Crippen LogP contribution in [0.3, 0.4) is 0 Å². The monoisotopic (exact) mass is 283 g/mol. The molecule has 0 spiro atoms. The molecule has 1 fully saturated rings. The Labute approximate surface area is 125 Å². The van der Waals surface area contributed by atoms with Gasteiger partial charge in [0.25, 0.3) is 5.91 Å². The number of hydrogen-bond donors (Lipinski definition) is 1. The molecule has 1 heterocycles. The maximum atomic E-state index is 12.7. The Hall–Kier alpha value is -2.10. The first-order valence-corrected chi connectivity index (χ1v) is 7.55. The molecule has 1 amide bonds. The molecule has 0 bridgehead atoms. The normalized spacial score (nSPS) is 15.3. The fraction of sp³-hybridized carbons (Fsp3) is 0.412. The Kier molecular flexibility index (Phi) is 3.78. The second-order valence-corrected chi connectivity index (χ2v) is 5.68. The van der Waals surface area contributed by atoms with Gasteiger partial charge in [-0.3, -0.25) is 4.79 Å². The van der Waals surface area contributed by atoms with Gasteiger partial charge in [0.1, 0.15) is 11.5 Å². The van der Waals surface area contributed by atoms with Gasteiger partial charge in [-0.1, -0.05) is 37.1 Å². The zero-order valence-corrected chi connectivity index (χ0v) is 12.6. The fourth-order valence-corrected chi connectivity index (χ4v) is 3.14. The highest BCUT2D eigenvalue weighted by atomic mass is 16.2. The SMILES string of the molecule is CNc1nc(C(=O)N(C)C2CCCC2)cc2ccccc12. The molecule has 4 nitrogen and oxygen atoms in total. The predicted octanol–water partition coefficient (Wildman–Crippen LogP) is 3.29. The zero-order valence-electron chi connectivity index (χ0n) is 12.6. The van der Waals surface area contributed by atoms with Gasteiger partial charge < -0.3 is 10.2 Å². The summed E-state index contributed by atoms with van der Waals surface area (Å²) in [6.45, 7) is 0. The van der Waals surface area contributed by atoms with Gasteiger partial charge in [-0.15, -0.1) is 0 Å². The molecule has 4 heteroatoms. The van der Waals surface area contributed by atoms with Gasteiger partial charge in [0.15, 0.2) is 0 Å². The van der Waals surface area contributed by atoms with E-state index in [1.807, 2.05) is 49.3 Å². The molecule has 1 aromatic carbocycles. The van der Waals surface area contributed by atoms with Crippen LogP contribution < -0.4 is 5.32 Å². The molecule has 0 unspecified atom stereocenters. The predicted molar refractivity (Wildman–Crippen MR) is 85.6 cm³/mol. The van der Waals surface area contributed by atoms with E-state index in [4.69, 9.17) is 0 Å². The molecule has 0 saturated heterocycles. The first kappa shape index (κ1) is 13.9. The third kappa shape index (κ3) is 2.58. The van der Waals surface area contributed by atoms with E-state index in [0.717, 1.165) is 29.4 Å². The van der Waals surface area contributed by atoms with Gasteiger partial charge in [0.05, 0.1) is 0 Å². The number of anilines is 1. The van der Waals surface area contributed by atoms with Crippen molar-refractivity contribution in [2.45, 2.75) is 31.7 Å². The number of amides is 1. The zero-order chi connectivity index (χ0) is 14.8. The molecule has 1 aliphatic rings. The standard InChI is InChI=1S/C17H21N3O/c1-18-16-14-10-6-3-7-12(14)11-15(19-16)17(21)20(2)13-8-4-5-9-13/h3,6-7,10-11,13H,4-5,8-9H2,1-2H3,(H,18,19). The van der Waals surface area contributed by atoms with Crippen LogP contribution in [0.5, 0.6) is 0 Å². The number of carbonyl (C=O) groups is 1. The molecule has 0 atom stereocenters. The van der Waals surface area contributed by atoms with Crippen LogP contribution in [-0.4, -0.2) is 35.9 Å². The van der Waals surface area contributed by atoms with Crippen LogP contribution in [-0.2, 0) is 0 Å². The summed E-state index contributed by atoms with van der Waals surface area (Å²) >= 11 is 0. The van der Waals surface area contributed by atoms with E-state index in [9.17, 15) is 4.79 Å². The summed E-state index contributed by atoms with van der Waals surface area (Å²) in [4.78, 5) is 19.1. The number of hydrogen-bond acceptors (Lipinski definition) is 3. The fourth-order valence-electron chi connectivity index (χ4n) is 3.14. The van der Waals surface area contributed by atoms with Gasteiger partial charge in [-0.2, -0.15) is 0 Å². The molecule has 0 aliphatic heterocycles. The third-order valence-electron chi connectivity index (χ3n) is 4.39. The number of pyridine rings is 1. The third-order valence-corrected chi connectivity index (χ3v) is 4.39. The topological polar surface area (TPSA) is 45.2 Å². The van der Waals surface area contributed by atoms with E-state index < -0.39 is 0 Å². The molecular formula is C17H21N3O. The van der Waals surface area contributed by atoms with E-state index in [-0.39, 0.29) is 5.91 Å². The highest BCUT2D eigenvalue weighted by molar-refractivity contribution is 6.00. The second kappa shape index (κ2) is 5.72. The van der Waals surface area contributed by atoms with Crippen LogP contribution in [0.25, 0.3) is 10.8 Å². The Morgan fingerprint density at radius 1 is 1.29 bits per heavy atom. The highest BCUT2D eigenvalue weighted by Gasteiger charge is 2.25. The van der Waals surface area contributed by atoms with Gasteiger partial charge in [-0.25, -0.2) is 4.98 Å². The summed E-state index contributed by atoms with van der Waals surface area (Å²) in [7, 11) is 3.73. The molecule has 1 N–H and O–H groups in total. The minimum atomic E-state index is 0.0177. The molecule has 1 aliphatic carbocycles. The lowest BCUT2D eigenvalue weighted by atomic mass is 10.1. The molecule has 21 heavy (non-hydrogen) atoms. The lowest BCUT2D eigenvalue weighted by Gasteiger charge is -2.24. The minimum Gasteiger partial charge on any atom is -0.373 e. The summed E-state index contributed by atoms with van der Waals surface area (Å²) < 4.78 is 0. The van der Waals surface area contributed by atoms with Crippen LogP contribution in [0.15, 0.2) is 30.3 Å². The van der Waals surface area contributed by atoms with E-state index in [1.54, 1.807) is 0 Å². The summed E-state index contributed by atoms with van der Waals surface area (Å²) in [5.74, 6) is 0.778. The summed E-state index contributed by atoms with van der Waals surface area (Å²) in [6, 6.07) is 10.3. The van der Waals surface area contributed by atoms with Crippen molar-refractivity contribution in [3.8, 4) is 0 Å². The van der Waals surface area contributed by atoms with Crippen LogP contribution in [0.2, 0.25) is 0 Å². The second-order valence-electron chi connectivity index (χ2n) is 5.68. The molecule has 2 aromatic rings. The number of carbonyl (C=O) groups excluding carboxylic acids is 1. The maximum absolute atomic E-state index is 12.7. The largest absolute Gasteiger partial charge is 0.373 e. The Balaban J connectivity index is 1.97. The van der Waals surface area contributed by atoms with Gasteiger partial charge in [0.2, 0.25) is 0 Å². The first-order chi connectivity index (χ1) is 10.2. The molecule has 0 radical (unpaired) electrons. The van der Waals surface area contributed by atoms with E-state index in [1.165, 1.54) is 12.8 Å². The van der Waals surface area contributed by atoms with Crippen LogP contribution in [0.4, 0.5) is 5.82 Å². The number of benzene rings is 1. The lowest BCUT2D eigenvalue weighted by molar-refractivity contribution is 0.0729. The number of nitrogens with zero attached hydrogens (tertiary/aromatic N) is 2. The van der Waals surface area contributed by atoms with Gasteiger partial charge in [-0.05, 0) is 24.3 Å². The molecule has 1 aromatic heterocycles. The minimum absolute atomic E-state index is 0.0177. The Morgan fingerprint density at radius 3 is 2.71 bits per heavy atom. The number of fused-ring (bicyclic) bond motifs is 1. The molecule has 1 saturated carbocycles. The summed E-state index contributed by atoms with van der Waals surface area (Å²) in [5.41, 5.74) is 0.521. The molecule has 3 rings (SSSR count). The van der Waals surface area contributed by atoms with Crippen LogP contribution >= 0.6 is 0 Å². The van der Waals surface area contributed by atoms with Gasteiger partial charge >= 0.3 is 0 Å². The van der Waals surface area contributed by atoms with Crippen LogP contribution in [0.1, 0.15) is 36.2 Å². The summed E-state index contributed by atoms with van der Waals surface area (Å²) in [5, 5.41) is 5.18. The van der Waals surface area contributed by atoms with Crippen molar-refractivity contribution in [3.05, 3.63) is 36.0 Å². The van der Waals surface area contributed by atoms with Crippen molar-refractivity contribution >= 4 is 22.5 Å². The Bertz CT molecular complexity index is 662. The van der Waals surface area contributed by atoms with Crippen molar-refractivity contribution in [1.29, 1.82) is 0 Å². The van der Waals surface area contributed by atoms with Crippen molar-refractivity contribution in [3.63, 3.8) is 0 Å². The Morgan fingerprint density at radius 2 is 2.00 bits per heavy atom. The van der Waals surface area contributed by atoms with Crippen LogP contribution in [0, 0.1) is 0 Å². The van der Waals surface area contributed by atoms with E-state index >= 15 is 0 Å². The smallest absolute Gasteiger partial charge is 0.272 e. The van der Waals surface area contributed by atoms with Crippen molar-refractivity contribution in [1.82, 2.24) is 9.88 Å². The van der Waals surface area contributed by atoms with E-state index in [2.05, 4.69) is 10.3 Å². The number of nitrogens with one attached hydrogen (secondary N) is 1. The quantitative estimate of drug-likeness (QED) is 0.940. The molecule has 110 valence electrons. The molecular weight excluding hydrogens is 262 g/mol.